The van der Waals surface area contributed by atoms with Crippen LogP contribution in [-0.4, -0.2) is 16.1 Å². The maximum absolute atomic E-state index is 13.8. The number of fused-ring (bicyclic) bond motifs is 2. The van der Waals surface area contributed by atoms with Crippen molar-refractivity contribution in [2.24, 2.45) is 5.92 Å². The molecule has 0 radical (unpaired) electrons. The lowest BCUT2D eigenvalue weighted by atomic mass is 9.95. The Bertz CT molecular complexity index is 1500. The van der Waals surface area contributed by atoms with Crippen molar-refractivity contribution in [1.82, 2.24) is 10.2 Å². The zero-order valence-electron chi connectivity index (χ0n) is 20.9. The number of benzene rings is 2. The van der Waals surface area contributed by atoms with Crippen LogP contribution < -0.4 is 10.3 Å². The van der Waals surface area contributed by atoms with Crippen molar-refractivity contribution in [3.63, 3.8) is 0 Å². The molecule has 7 heteroatoms. The molecule has 3 heterocycles. The Labute approximate surface area is 208 Å². The normalized spacial score (nSPS) is 15.6. The minimum atomic E-state index is -0.624. The molecule has 0 saturated carbocycles. The zero-order valence-corrected chi connectivity index (χ0v) is 21.7. The van der Waals surface area contributed by atoms with E-state index < -0.39 is 6.04 Å². The molecule has 1 amide bonds. The van der Waals surface area contributed by atoms with E-state index in [1.807, 2.05) is 38.1 Å². The van der Waals surface area contributed by atoms with E-state index in [9.17, 15) is 9.59 Å². The van der Waals surface area contributed by atoms with Crippen molar-refractivity contribution in [3.8, 4) is 0 Å². The third-order valence-electron chi connectivity index (χ3n) is 6.65. The third-order valence-corrected chi connectivity index (χ3v) is 7.60. The van der Waals surface area contributed by atoms with Gasteiger partial charge >= 0.3 is 0 Å². The predicted octanol–water partition coefficient (Wildman–Crippen LogP) is 6.33. The second-order valence-corrected chi connectivity index (χ2v) is 11.1. The van der Waals surface area contributed by atoms with Gasteiger partial charge in [0.2, 0.25) is 10.9 Å². The highest BCUT2D eigenvalue weighted by atomic mass is 32.1. The van der Waals surface area contributed by atoms with Crippen LogP contribution in [0, 0.1) is 19.8 Å². The summed E-state index contributed by atoms with van der Waals surface area (Å²) in [5, 5.41) is 10.5. The van der Waals surface area contributed by atoms with Crippen molar-refractivity contribution in [1.29, 1.82) is 0 Å². The smallest absolute Gasteiger partial charge is 0.297 e. The van der Waals surface area contributed by atoms with Crippen LogP contribution in [0.15, 0.2) is 45.6 Å². The number of hydrogen-bond acceptors (Lipinski definition) is 6. The van der Waals surface area contributed by atoms with Gasteiger partial charge < -0.3 is 4.42 Å². The molecule has 1 aliphatic heterocycles. The lowest BCUT2D eigenvalue weighted by Crippen LogP contribution is -2.29. The van der Waals surface area contributed by atoms with Crippen LogP contribution in [0.3, 0.4) is 0 Å². The van der Waals surface area contributed by atoms with E-state index in [2.05, 4.69) is 50.0 Å². The van der Waals surface area contributed by atoms with Gasteiger partial charge in [0.05, 0.1) is 17.0 Å². The zero-order chi connectivity index (χ0) is 25.0. The molecule has 0 spiro atoms. The van der Waals surface area contributed by atoms with Crippen LogP contribution in [0.2, 0.25) is 0 Å². The van der Waals surface area contributed by atoms with Gasteiger partial charge in [0.1, 0.15) is 10.6 Å². The molecule has 1 atom stereocenters. The van der Waals surface area contributed by atoms with E-state index >= 15 is 0 Å². The van der Waals surface area contributed by atoms with Crippen LogP contribution >= 0.6 is 11.3 Å². The van der Waals surface area contributed by atoms with Gasteiger partial charge in [0.25, 0.3) is 5.91 Å². The number of aromatic nitrogens is 2. The largest absolute Gasteiger partial charge is 0.450 e. The van der Waals surface area contributed by atoms with Crippen LogP contribution in [-0.2, 0) is 6.42 Å². The summed E-state index contributed by atoms with van der Waals surface area (Å²) < 4.78 is 6.14. The van der Waals surface area contributed by atoms with Gasteiger partial charge in [-0.15, -0.1) is 10.2 Å². The number of nitrogens with zero attached hydrogens (tertiary/aromatic N) is 3. The monoisotopic (exact) mass is 487 g/mol. The van der Waals surface area contributed by atoms with E-state index in [1.54, 1.807) is 4.90 Å². The van der Waals surface area contributed by atoms with Gasteiger partial charge in [-0.1, -0.05) is 63.3 Å². The molecule has 0 aliphatic carbocycles. The fraction of sp³-hybridized carbons (Fsp3) is 0.357. The maximum Gasteiger partial charge on any atom is 0.297 e. The van der Waals surface area contributed by atoms with Crippen LogP contribution in [0.1, 0.15) is 83.0 Å². The van der Waals surface area contributed by atoms with Gasteiger partial charge in [-0.3, -0.25) is 14.5 Å². The molecule has 6 nitrogen and oxygen atoms in total. The fourth-order valence-electron chi connectivity index (χ4n) is 4.58. The number of rotatable bonds is 5. The second kappa shape index (κ2) is 8.72. The molecule has 0 bridgehead atoms. The minimum absolute atomic E-state index is 0.0873. The average Bonchev–Trinajstić information content (AvgIpc) is 3.37. The average molecular weight is 488 g/mol. The second-order valence-electron chi connectivity index (χ2n) is 10.1. The minimum Gasteiger partial charge on any atom is -0.450 e. The summed E-state index contributed by atoms with van der Waals surface area (Å²) in [5.41, 5.74) is 4.67. The topological polar surface area (TPSA) is 76.3 Å². The molecule has 0 unspecified atom stereocenters. The Kier molecular flexibility index (Phi) is 5.83. The number of carbonyl (C=O) groups excluding carboxylic acids is 1. The first-order valence-corrected chi connectivity index (χ1v) is 12.8. The number of hydrogen-bond donors (Lipinski definition) is 0. The van der Waals surface area contributed by atoms with Crippen LogP contribution in [0.5, 0.6) is 0 Å². The first kappa shape index (κ1) is 23.4. The lowest BCUT2D eigenvalue weighted by molar-refractivity contribution is 0.0970. The molecule has 0 fully saturated rings. The first-order chi connectivity index (χ1) is 16.7. The summed E-state index contributed by atoms with van der Waals surface area (Å²) in [6.45, 7) is 12.5. The number of anilines is 1. The van der Waals surface area contributed by atoms with Gasteiger partial charge in [-0.25, -0.2) is 0 Å². The molecule has 180 valence electrons. The van der Waals surface area contributed by atoms with Crippen molar-refractivity contribution in [2.75, 3.05) is 4.90 Å². The maximum atomic E-state index is 13.8. The Balaban J connectivity index is 1.73. The predicted molar refractivity (Wildman–Crippen MR) is 140 cm³/mol. The van der Waals surface area contributed by atoms with Crippen molar-refractivity contribution >= 4 is 33.3 Å². The molecule has 1 aliphatic rings. The molecule has 4 aromatic rings. The molecule has 0 N–H and O–H groups in total. The number of amides is 1. The van der Waals surface area contributed by atoms with Gasteiger partial charge in [-0.05, 0) is 60.1 Å². The first-order valence-electron chi connectivity index (χ1n) is 12.0. The molecule has 2 aromatic heterocycles. The highest BCUT2D eigenvalue weighted by Gasteiger charge is 2.45. The summed E-state index contributed by atoms with van der Waals surface area (Å²) in [5.74, 6) is 0.521. The van der Waals surface area contributed by atoms with Crippen LogP contribution in [0.4, 0.5) is 5.13 Å². The van der Waals surface area contributed by atoms with Crippen molar-refractivity contribution in [3.05, 3.63) is 85.2 Å². The summed E-state index contributed by atoms with van der Waals surface area (Å²) in [7, 11) is 0. The highest BCUT2D eigenvalue weighted by Crippen LogP contribution is 2.42. The third kappa shape index (κ3) is 3.97. The summed E-state index contributed by atoms with van der Waals surface area (Å²) in [6, 6.07) is 11.2. The van der Waals surface area contributed by atoms with Gasteiger partial charge in [0, 0.05) is 6.42 Å². The molecule has 35 heavy (non-hydrogen) atoms. The highest BCUT2D eigenvalue weighted by molar-refractivity contribution is 7.15. The quantitative estimate of drug-likeness (QED) is 0.329. The molecular formula is C28H29N3O3S. The Morgan fingerprint density at radius 1 is 1.00 bits per heavy atom. The van der Waals surface area contributed by atoms with Gasteiger partial charge in [0.15, 0.2) is 5.43 Å². The Morgan fingerprint density at radius 3 is 2.34 bits per heavy atom. The van der Waals surface area contributed by atoms with Crippen LogP contribution in [0.25, 0.3) is 11.0 Å². The van der Waals surface area contributed by atoms with Crippen molar-refractivity contribution in [2.45, 2.75) is 59.9 Å². The summed E-state index contributed by atoms with van der Waals surface area (Å²) in [6.07, 6.45) is 0.778. The SMILES string of the molecule is Cc1cc2oc3c(c(=O)c2cc1C)[C@H](c1ccc(C(C)C)cc1)N(c1nnc(CC(C)C)s1)C3=O. The van der Waals surface area contributed by atoms with E-state index in [0.717, 1.165) is 28.1 Å². The summed E-state index contributed by atoms with van der Waals surface area (Å²) >= 11 is 1.39. The van der Waals surface area contributed by atoms with E-state index in [0.29, 0.717) is 33.5 Å². The van der Waals surface area contributed by atoms with E-state index in [-0.39, 0.29) is 17.1 Å². The molecule has 2 aromatic carbocycles. The Hall–Kier alpha value is -3.32. The lowest BCUT2D eigenvalue weighted by Gasteiger charge is -2.22. The van der Waals surface area contributed by atoms with Gasteiger partial charge in [-0.2, -0.15) is 0 Å². The van der Waals surface area contributed by atoms with E-state index in [4.69, 9.17) is 4.42 Å². The van der Waals surface area contributed by atoms with E-state index in [1.165, 1.54) is 16.9 Å². The Morgan fingerprint density at radius 2 is 1.69 bits per heavy atom. The summed E-state index contributed by atoms with van der Waals surface area (Å²) in [4.78, 5) is 29.2. The number of carbonyl (C=O) groups is 1. The number of aryl methyl sites for hydroxylation is 2. The molecule has 5 rings (SSSR count). The molecular weight excluding hydrogens is 458 g/mol. The molecule has 0 saturated heterocycles. The standard InChI is InChI=1S/C28H29N3O3S/c1-14(2)11-22-29-30-28(35-22)31-24(19-9-7-18(8-10-19)15(3)4)23-25(32)20-12-16(5)17(6)13-21(20)34-26(23)27(31)33/h7-10,12-15,24H,11H2,1-6H3/t24-/m0/s1. The van der Waals surface area contributed by atoms with Crippen molar-refractivity contribution < 1.29 is 9.21 Å². The fourth-order valence-corrected chi connectivity index (χ4v) is 5.66.